The molecule has 2 atom stereocenters. The molecule has 1 aliphatic carbocycles. The SMILES string of the molecule is CCSC1CCC(NC(=NC)NCc2ccc(F)c(CN(C)C)c2)C1. The highest BCUT2D eigenvalue weighted by Crippen LogP contribution is 2.29. The lowest BCUT2D eigenvalue weighted by Gasteiger charge is -2.18. The van der Waals surface area contributed by atoms with Gasteiger partial charge in [-0.1, -0.05) is 13.0 Å². The Morgan fingerprint density at radius 1 is 1.36 bits per heavy atom. The van der Waals surface area contributed by atoms with E-state index in [1.165, 1.54) is 25.0 Å². The first kappa shape index (κ1) is 20.0. The number of nitrogens with one attached hydrogen (secondary N) is 2. The maximum atomic E-state index is 13.9. The van der Waals surface area contributed by atoms with E-state index in [4.69, 9.17) is 0 Å². The molecule has 1 saturated carbocycles. The molecule has 0 spiro atoms. The van der Waals surface area contributed by atoms with Gasteiger partial charge >= 0.3 is 0 Å². The molecule has 6 heteroatoms. The quantitative estimate of drug-likeness (QED) is 0.574. The molecule has 0 heterocycles. The normalized spacial score (nSPS) is 21.0. The molecule has 140 valence electrons. The van der Waals surface area contributed by atoms with Crippen LogP contribution < -0.4 is 10.6 Å². The lowest BCUT2D eigenvalue weighted by Crippen LogP contribution is -2.42. The number of thioether (sulfide) groups is 1. The highest BCUT2D eigenvalue weighted by atomic mass is 32.2. The third-order valence-corrected chi connectivity index (χ3v) is 5.64. The summed E-state index contributed by atoms with van der Waals surface area (Å²) < 4.78 is 13.9. The Labute approximate surface area is 155 Å². The number of benzene rings is 1. The Balaban J connectivity index is 1.86. The molecule has 1 aliphatic rings. The minimum atomic E-state index is -0.148. The van der Waals surface area contributed by atoms with Gasteiger partial charge in [0.2, 0.25) is 0 Å². The number of hydrogen-bond acceptors (Lipinski definition) is 3. The van der Waals surface area contributed by atoms with E-state index in [9.17, 15) is 4.39 Å². The summed E-state index contributed by atoms with van der Waals surface area (Å²) in [6, 6.07) is 5.81. The first-order valence-electron chi connectivity index (χ1n) is 9.02. The molecule has 0 saturated heterocycles. The summed E-state index contributed by atoms with van der Waals surface area (Å²) in [6.45, 7) is 3.46. The second kappa shape index (κ2) is 10.0. The zero-order chi connectivity index (χ0) is 18.2. The van der Waals surface area contributed by atoms with E-state index in [2.05, 4.69) is 34.3 Å². The number of nitrogens with zero attached hydrogens (tertiary/aromatic N) is 2. The molecule has 4 nitrogen and oxygen atoms in total. The van der Waals surface area contributed by atoms with Crippen LogP contribution in [0.25, 0.3) is 0 Å². The molecule has 25 heavy (non-hydrogen) atoms. The number of guanidine groups is 1. The summed E-state index contributed by atoms with van der Waals surface area (Å²) in [5.41, 5.74) is 1.79. The molecular formula is C19H31FN4S. The van der Waals surface area contributed by atoms with Gasteiger partial charge in [0, 0.05) is 37.0 Å². The van der Waals surface area contributed by atoms with Crippen LogP contribution in [0.4, 0.5) is 4.39 Å². The molecule has 2 N–H and O–H groups in total. The van der Waals surface area contributed by atoms with Gasteiger partial charge in [-0.25, -0.2) is 4.39 Å². The van der Waals surface area contributed by atoms with Crippen molar-refractivity contribution in [2.45, 2.75) is 50.6 Å². The van der Waals surface area contributed by atoms with E-state index in [0.29, 0.717) is 19.1 Å². The molecule has 2 rings (SSSR count). The van der Waals surface area contributed by atoms with E-state index in [1.807, 2.05) is 31.1 Å². The smallest absolute Gasteiger partial charge is 0.191 e. The lowest BCUT2D eigenvalue weighted by atomic mass is 10.1. The third kappa shape index (κ3) is 6.51. The monoisotopic (exact) mass is 366 g/mol. The Bertz CT molecular complexity index is 577. The highest BCUT2D eigenvalue weighted by Gasteiger charge is 2.25. The molecule has 0 aromatic heterocycles. The van der Waals surface area contributed by atoms with Gasteiger partial charge in [-0.3, -0.25) is 4.99 Å². The van der Waals surface area contributed by atoms with Gasteiger partial charge in [-0.2, -0.15) is 11.8 Å². The Morgan fingerprint density at radius 3 is 2.84 bits per heavy atom. The molecule has 0 aliphatic heterocycles. The van der Waals surface area contributed by atoms with Gasteiger partial charge in [0.05, 0.1) is 0 Å². The van der Waals surface area contributed by atoms with Crippen LogP contribution in [0, 0.1) is 5.82 Å². The fourth-order valence-electron chi connectivity index (χ4n) is 3.23. The van der Waals surface area contributed by atoms with Crippen molar-refractivity contribution in [2.24, 2.45) is 4.99 Å². The summed E-state index contributed by atoms with van der Waals surface area (Å²) in [5.74, 6) is 1.86. The van der Waals surface area contributed by atoms with Crippen LogP contribution in [0.15, 0.2) is 23.2 Å². The Kier molecular flexibility index (Phi) is 8.03. The van der Waals surface area contributed by atoms with E-state index < -0.39 is 0 Å². The highest BCUT2D eigenvalue weighted by molar-refractivity contribution is 7.99. The van der Waals surface area contributed by atoms with Crippen LogP contribution >= 0.6 is 11.8 Å². The van der Waals surface area contributed by atoms with Crippen LogP contribution in [0.2, 0.25) is 0 Å². The summed E-state index contributed by atoms with van der Waals surface area (Å²) in [5, 5.41) is 7.65. The van der Waals surface area contributed by atoms with Crippen molar-refractivity contribution in [3.05, 3.63) is 35.1 Å². The average molecular weight is 367 g/mol. The van der Waals surface area contributed by atoms with Crippen molar-refractivity contribution in [1.29, 1.82) is 0 Å². The molecule has 0 bridgehead atoms. The van der Waals surface area contributed by atoms with Gasteiger partial charge in [-0.15, -0.1) is 0 Å². The summed E-state index contributed by atoms with van der Waals surface area (Å²) in [7, 11) is 5.69. The van der Waals surface area contributed by atoms with Crippen molar-refractivity contribution in [3.8, 4) is 0 Å². The molecule has 1 aromatic carbocycles. The number of rotatable bonds is 7. The van der Waals surface area contributed by atoms with Crippen molar-refractivity contribution < 1.29 is 4.39 Å². The van der Waals surface area contributed by atoms with Gasteiger partial charge < -0.3 is 15.5 Å². The zero-order valence-corrected chi connectivity index (χ0v) is 16.6. The van der Waals surface area contributed by atoms with Gasteiger partial charge in [0.25, 0.3) is 0 Å². The standard InChI is InChI=1S/C19H31FN4S/c1-5-25-17-8-7-16(11-17)23-19(21-2)22-12-14-6-9-18(20)15(10-14)13-24(3)4/h6,9-10,16-17H,5,7-8,11-13H2,1-4H3,(H2,21,22,23). The van der Waals surface area contributed by atoms with Crippen molar-refractivity contribution in [2.75, 3.05) is 26.9 Å². The summed E-state index contributed by atoms with van der Waals surface area (Å²) >= 11 is 2.06. The van der Waals surface area contributed by atoms with Crippen LogP contribution in [0.3, 0.4) is 0 Å². The molecule has 2 unspecified atom stereocenters. The topological polar surface area (TPSA) is 39.7 Å². The number of aliphatic imine (C=N–C) groups is 1. The summed E-state index contributed by atoms with van der Waals surface area (Å²) in [6.07, 6.45) is 3.67. The second-order valence-electron chi connectivity index (χ2n) is 6.82. The van der Waals surface area contributed by atoms with Crippen molar-refractivity contribution in [3.63, 3.8) is 0 Å². The maximum absolute atomic E-state index is 13.9. The van der Waals surface area contributed by atoms with Gasteiger partial charge in [0.1, 0.15) is 5.82 Å². The van der Waals surface area contributed by atoms with Crippen LogP contribution in [-0.2, 0) is 13.1 Å². The maximum Gasteiger partial charge on any atom is 0.191 e. The first-order valence-corrected chi connectivity index (χ1v) is 10.1. The fraction of sp³-hybridized carbons (Fsp3) is 0.632. The molecule has 1 fully saturated rings. The van der Waals surface area contributed by atoms with E-state index in [1.54, 1.807) is 13.1 Å². The van der Waals surface area contributed by atoms with Crippen LogP contribution in [0.1, 0.15) is 37.3 Å². The van der Waals surface area contributed by atoms with Crippen molar-refractivity contribution >= 4 is 17.7 Å². The predicted octanol–water partition coefficient (Wildman–Crippen LogP) is 3.23. The van der Waals surface area contributed by atoms with E-state index >= 15 is 0 Å². The second-order valence-corrected chi connectivity index (χ2v) is 8.40. The number of halogens is 1. The Morgan fingerprint density at radius 2 is 2.16 bits per heavy atom. The van der Waals surface area contributed by atoms with Gasteiger partial charge in [-0.05, 0) is 56.8 Å². The largest absolute Gasteiger partial charge is 0.354 e. The van der Waals surface area contributed by atoms with E-state index in [-0.39, 0.29) is 5.82 Å². The molecule has 1 aromatic rings. The van der Waals surface area contributed by atoms with Crippen LogP contribution in [-0.4, -0.2) is 49.0 Å². The predicted molar refractivity (Wildman–Crippen MR) is 107 cm³/mol. The first-order chi connectivity index (χ1) is 12.0. The number of hydrogen-bond donors (Lipinski definition) is 2. The van der Waals surface area contributed by atoms with Crippen molar-refractivity contribution in [1.82, 2.24) is 15.5 Å². The molecule has 0 radical (unpaired) electrons. The zero-order valence-electron chi connectivity index (χ0n) is 15.8. The lowest BCUT2D eigenvalue weighted by molar-refractivity contribution is 0.392. The Hall–Kier alpha value is -1.27. The average Bonchev–Trinajstić information content (AvgIpc) is 3.01. The molecular weight excluding hydrogens is 335 g/mol. The minimum absolute atomic E-state index is 0.148. The third-order valence-electron chi connectivity index (χ3n) is 4.41. The minimum Gasteiger partial charge on any atom is -0.354 e. The fourth-order valence-corrected chi connectivity index (χ4v) is 4.37. The van der Waals surface area contributed by atoms with Crippen LogP contribution in [0.5, 0.6) is 0 Å². The van der Waals surface area contributed by atoms with E-state index in [0.717, 1.165) is 22.3 Å². The molecule has 0 amide bonds. The van der Waals surface area contributed by atoms with Gasteiger partial charge in [0.15, 0.2) is 5.96 Å². The summed E-state index contributed by atoms with van der Waals surface area (Å²) in [4.78, 5) is 6.30.